The third-order valence-electron chi connectivity index (χ3n) is 10.9. The molecule has 9 aromatic carbocycles. The molecule has 3 nitrogen and oxygen atoms in total. The summed E-state index contributed by atoms with van der Waals surface area (Å²) in [6, 6.07) is 71.0. The van der Waals surface area contributed by atoms with Crippen LogP contribution in [-0.4, -0.2) is 0 Å². The van der Waals surface area contributed by atoms with Gasteiger partial charge in [0.15, 0.2) is 0 Å². The number of para-hydroxylation sites is 1. The molecule has 0 saturated carbocycles. The lowest BCUT2D eigenvalue weighted by Crippen LogP contribution is -2.10. The summed E-state index contributed by atoms with van der Waals surface area (Å²) in [5, 5.41) is 6.74. The Bertz CT molecular complexity index is 3190. The van der Waals surface area contributed by atoms with Gasteiger partial charge >= 0.3 is 0 Å². The van der Waals surface area contributed by atoms with Gasteiger partial charge in [-0.3, -0.25) is 0 Å². The third kappa shape index (κ3) is 5.28. The van der Waals surface area contributed by atoms with E-state index in [-0.39, 0.29) is 0 Å². The molecule has 0 aliphatic carbocycles. The topological polar surface area (TPSA) is 29.5 Å². The normalized spacial score (nSPS) is 11.6. The summed E-state index contributed by atoms with van der Waals surface area (Å²) in [5.74, 6) is 0. The number of anilines is 3. The van der Waals surface area contributed by atoms with Crippen LogP contribution in [0.25, 0.3) is 88.0 Å². The van der Waals surface area contributed by atoms with Gasteiger partial charge in [-0.2, -0.15) is 0 Å². The second-order valence-corrected chi connectivity index (χ2v) is 14.1. The molecule has 2 heterocycles. The first-order chi connectivity index (χ1) is 27.2. The summed E-state index contributed by atoms with van der Waals surface area (Å²) < 4.78 is 12.8. The maximum atomic E-state index is 6.57. The predicted molar refractivity (Wildman–Crippen MR) is 229 cm³/mol. The molecule has 0 atom stereocenters. The lowest BCUT2D eigenvalue weighted by atomic mass is 9.97. The van der Waals surface area contributed by atoms with Crippen molar-refractivity contribution in [3.8, 4) is 33.4 Å². The minimum atomic E-state index is 0.874. The fraction of sp³-hybridized carbons (Fsp3) is 0. The van der Waals surface area contributed by atoms with E-state index in [1.54, 1.807) is 0 Å². The van der Waals surface area contributed by atoms with Gasteiger partial charge in [0.25, 0.3) is 0 Å². The van der Waals surface area contributed by atoms with Gasteiger partial charge in [0.05, 0.1) is 0 Å². The zero-order valence-corrected chi connectivity index (χ0v) is 29.8. The fourth-order valence-corrected chi connectivity index (χ4v) is 8.20. The molecule has 0 unspecified atom stereocenters. The van der Waals surface area contributed by atoms with Crippen molar-refractivity contribution in [3.63, 3.8) is 0 Å². The number of fused-ring (bicyclic) bond motifs is 8. The molecule has 0 fully saturated rings. The molecule has 0 N–H and O–H groups in total. The van der Waals surface area contributed by atoms with E-state index in [4.69, 9.17) is 8.83 Å². The molecule has 2 aromatic heterocycles. The molecule has 258 valence electrons. The van der Waals surface area contributed by atoms with E-state index < -0.39 is 0 Å². The number of hydrogen-bond donors (Lipinski definition) is 0. The summed E-state index contributed by atoms with van der Waals surface area (Å²) >= 11 is 0. The zero-order valence-electron chi connectivity index (χ0n) is 29.8. The molecule has 0 spiro atoms. The van der Waals surface area contributed by atoms with Crippen LogP contribution in [0.15, 0.2) is 209 Å². The number of furan rings is 2. The predicted octanol–water partition coefficient (Wildman–Crippen LogP) is 15.1. The van der Waals surface area contributed by atoms with Crippen LogP contribution in [-0.2, 0) is 0 Å². The highest BCUT2D eigenvalue weighted by Gasteiger charge is 2.19. The van der Waals surface area contributed by atoms with Crippen molar-refractivity contribution in [1.29, 1.82) is 0 Å². The van der Waals surface area contributed by atoms with E-state index in [0.29, 0.717) is 0 Å². The second-order valence-electron chi connectivity index (χ2n) is 14.1. The molecule has 11 rings (SSSR count). The molecule has 0 aliphatic rings. The zero-order chi connectivity index (χ0) is 36.3. The van der Waals surface area contributed by atoms with Crippen LogP contribution >= 0.6 is 0 Å². The van der Waals surface area contributed by atoms with Gasteiger partial charge in [0, 0.05) is 44.0 Å². The van der Waals surface area contributed by atoms with E-state index in [9.17, 15) is 0 Å². The Labute approximate surface area is 317 Å². The summed E-state index contributed by atoms with van der Waals surface area (Å²) in [5.41, 5.74) is 13.8. The molecular formula is C52H33NO2. The van der Waals surface area contributed by atoms with Crippen molar-refractivity contribution in [2.24, 2.45) is 0 Å². The molecule has 11 aromatic rings. The maximum absolute atomic E-state index is 6.57. The van der Waals surface area contributed by atoms with Gasteiger partial charge in [-0.25, -0.2) is 0 Å². The average molecular weight is 704 g/mol. The molecule has 0 aliphatic heterocycles. The van der Waals surface area contributed by atoms with Crippen LogP contribution in [0.3, 0.4) is 0 Å². The Hall–Kier alpha value is -7.36. The number of rotatable bonds is 6. The van der Waals surface area contributed by atoms with Crippen LogP contribution in [0.4, 0.5) is 17.1 Å². The summed E-state index contributed by atoms with van der Waals surface area (Å²) in [4.78, 5) is 2.34. The minimum absolute atomic E-state index is 0.874. The van der Waals surface area contributed by atoms with Crippen LogP contribution in [0.2, 0.25) is 0 Å². The van der Waals surface area contributed by atoms with Crippen LogP contribution in [0, 0.1) is 0 Å². The fourth-order valence-electron chi connectivity index (χ4n) is 8.20. The van der Waals surface area contributed by atoms with Gasteiger partial charge in [-0.1, -0.05) is 140 Å². The lowest BCUT2D eigenvalue weighted by Gasteiger charge is -2.26. The van der Waals surface area contributed by atoms with E-state index in [1.807, 2.05) is 12.1 Å². The van der Waals surface area contributed by atoms with E-state index in [1.165, 1.54) is 27.6 Å². The first-order valence-corrected chi connectivity index (χ1v) is 18.7. The first kappa shape index (κ1) is 31.2. The molecule has 3 heteroatoms. The van der Waals surface area contributed by atoms with Crippen molar-refractivity contribution in [3.05, 3.63) is 200 Å². The van der Waals surface area contributed by atoms with Gasteiger partial charge in [0.1, 0.15) is 22.3 Å². The van der Waals surface area contributed by atoms with Crippen molar-refractivity contribution in [2.75, 3.05) is 4.90 Å². The van der Waals surface area contributed by atoms with Crippen molar-refractivity contribution < 1.29 is 8.83 Å². The molecule has 0 radical (unpaired) electrons. The Morgan fingerprint density at radius 3 is 1.73 bits per heavy atom. The largest absolute Gasteiger partial charge is 0.456 e. The van der Waals surface area contributed by atoms with Gasteiger partial charge in [-0.15, -0.1) is 0 Å². The SMILES string of the molecule is c1ccc(-c2ccc(-c3ccc(N(c4cccc(-c5cccc6oc7c8ccccc8ccc7c56)c4)c4ccc5oc6ccccc6c5c4)cc3)cc2)cc1. The van der Waals surface area contributed by atoms with Crippen LogP contribution < -0.4 is 4.90 Å². The van der Waals surface area contributed by atoms with Crippen molar-refractivity contribution in [2.45, 2.75) is 0 Å². The highest BCUT2D eigenvalue weighted by molar-refractivity contribution is 6.19. The standard InChI is InChI=1S/C52H33NO2/c1-2-10-34(11-3-1)35-20-22-36(23-21-35)37-24-27-40(28-25-37)53(42-29-31-49-47(33-42)45-16-6-7-18-48(45)54-49)41-14-8-13-39(32-41)43-17-9-19-50-51(43)46-30-26-38-12-4-5-15-44(38)52(46)55-50/h1-33H. The number of nitrogens with zero attached hydrogens (tertiary/aromatic N) is 1. The Balaban J connectivity index is 1.04. The maximum Gasteiger partial charge on any atom is 0.143 e. The van der Waals surface area contributed by atoms with E-state index >= 15 is 0 Å². The first-order valence-electron chi connectivity index (χ1n) is 18.7. The summed E-state index contributed by atoms with van der Waals surface area (Å²) in [6.07, 6.45) is 0. The Morgan fingerprint density at radius 2 is 0.909 bits per heavy atom. The Morgan fingerprint density at radius 1 is 0.309 bits per heavy atom. The van der Waals surface area contributed by atoms with Crippen molar-refractivity contribution in [1.82, 2.24) is 0 Å². The van der Waals surface area contributed by atoms with Crippen LogP contribution in [0.1, 0.15) is 0 Å². The van der Waals surface area contributed by atoms with Gasteiger partial charge in [-0.05, 0) is 99.4 Å². The molecule has 0 amide bonds. The second kappa shape index (κ2) is 12.6. The quantitative estimate of drug-likeness (QED) is 0.173. The van der Waals surface area contributed by atoms with Crippen LogP contribution in [0.5, 0.6) is 0 Å². The number of benzene rings is 9. The van der Waals surface area contributed by atoms with E-state index in [2.05, 4.69) is 193 Å². The molecule has 0 bridgehead atoms. The lowest BCUT2D eigenvalue weighted by molar-refractivity contribution is 0.669. The van der Waals surface area contributed by atoms with Crippen molar-refractivity contribution >= 4 is 71.7 Å². The summed E-state index contributed by atoms with van der Waals surface area (Å²) in [7, 11) is 0. The Kier molecular flexibility index (Phi) is 7.17. The highest BCUT2D eigenvalue weighted by atomic mass is 16.3. The van der Waals surface area contributed by atoms with E-state index in [0.717, 1.165) is 77.5 Å². The third-order valence-corrected chi connectivity index (χ3v) is 10.9. The van der Waals surface area contributed by atoms with Gasteiger partial charge < -0.3 is 13.7 Å². The number of hydrogen-bond acceptors (Lipinski definition) is 3. The monoisotopic (exact) mass is 703 g/mol. The smallest absolute Gasteiger partial charge is 0.143 e. The molecular weight excluding hydrogens is 671 g/mol. The summed E-state index contributed by atoms with van der Waals surface area (Å²) in [6.45, 7) is 0. The average Bonchev–Trinajstić information content (AvgIpc) is 3.83. The molecule has 55 heavy (non-hydrogen) atoms. The molecule has 0 saturated heterocycles. The highest BCUT2D eigenvalue weighted by Crippen LogP contribution is 2.43. The minimum Gasteiger partial charge on any atom is -0.456 e. The van der Waals surface area contributed by atoms with Gasteiger partial charge in [0.2, 0.25) is 0 Å².